The van der Waals surface area contributed by atoms with Gasteiger partial charge in [0.25, 0.3) is 5.91 Å². The molecule has 2 amide bonds. The first-order valence-corrected chi connectivity index (χ1v) is 10.3. The maximum Gasteiger partial charge on any atom is 0.404 e. The molecule has 0 bridgehead atoms. The lowest BCUT2D eigenvalue weighted by Crippen LogP contribution is -2.43. The Kier molecular flexibility index (Phi) is 5.39. The first kappa shape index (κ1) is 19.3. The molecule has 1 fully saturated rings. The Bertz CT molecular complexity index is 1020. The zero-order chi connectivity index (χ0) is 20.4. The van der Waals surface area contributed by atoms with Gasteiger partial charge in [0, 0.05) is 12.1 Å². The Balaban J connectivity index is 1.54. The molecule has 1 aliphatic carbocycles. The van der Waals surface area contributed by atoms with Gasteiger partial charge in [-0.25, -0.2) is 9.78 Å². The average molecular weight is 414 g/mol. The monoisotopic (exact) mass is 414 g/mol. The number of nitrogens with zero attached hydrogens (tertiary/aromatic N) is 1. The van der Waals surface area contributed by atoms with E-state index in [1.54, 1.807) is 30.6 Å². The summed E-state index contributed by atoms with van der Waals surface area (Å²) in [7, 11) is 1.59. The number of thiophene rings is 1. The van der Waals surface area contributed by atoms with Crippen molar-refractivity contribution in [2.24, 2.45) is 0 Å². The molecule has 0 unspecified atom stereocenters. The molecule has 0 radical (unpaired) electrons. The van der Waals surface area contributed by atoms with Crippen LogP contribution in [0.4, 0.5) is 4.79 Å². The van der Waals surface area contributed by atoms with E-state index in [1.165, 1.54) is 0 Å². The van der Waals surface area contributed by atoms with Crippen molar-refractivity contribution in [1.82, 2.24) is 20.6 Å². The number of hydrogen-bond donors (Lipinski definition) is 4. The molecule has 3 aromatic rings. The van der Waals surface area contributed by atoms with Crippen molar-refractivity contribution >= 4 is 34.4 Å². The molecule has 1 aromatic carbocycles. The predicted octanol–water partition coefficient (Wildman–Crippen LogP) is 3.61. The van der Waals surface area contributed by atoms with Gasteiger partial charge < -0.3 is 25.5 Å². The van der Waals surface area contributed by atoms with Crippen LogP contribution in [0.1, 0.15) is 36.0 Å². The minimum absolute atomic E-state index is 0.0159. The summed E-state index contributed by atoms with van der Waals surface area (Å²) in [6.07, 6.45) is 1.88. The summed E-state index contributed by atoms with van der Waals surface area (Å²) in [6, 6.07) is 7.38. The highest BCUT2D eigenvalue weighted by Gasteiger charge is 2.25. The van der Waals surface area contributed by atoms with Crippen LogP contribution in [0.15, 0.2) is 29.6 Å². The van der Waals surface area contributed by atoms with E-state index in [0.717, 1.165) is 17.7 Å². The summed E-state index contributed by atoms with van der Waals surface area (Å²) in [5.74, 6) is 1.15. The SMILES string of the molecule is COc1ccc(C(=O)NC2CCC(NC(=O)O)CC2)c2nc(-c3cccs3)[nH]c12. The lowest BCUT2D eigenvalue weighted by Gasteiger charge is -2.29. The van der Waals surface area contributed by atoms with Gasteiger partial charge in [-0.15, -0.1) is 11.3 Å². The van der Waals surface area contributed by atoms with Crippen molar-refractivity contribution < 1.29 is 19.4 Å². The number of imidazole rings is 1. The van der Waals surface area contributed by atoms with Crippen LogP contribution >= 0.6 is 11.3 Å². The Hall–Kier alpha value is -3.07. The quantitative estimate of drug-likeness (QED) is 0.509. The molecule has 8 nitrogen and oxygen atoms in total. The molecule has 1 saturated carbocycles. The Morgan fingerprint density at radius 2 is 1.90 bits per heavy atom. The third-order valence-electron chi connectivity index (χ3n) is 5.22. The van der Waals surface area contributed by atoms with Crippen LogP contribution in [-0.4, -0.2) is 46.3 Å². The number of fused-ring (bicyclic) bond motifs is 1. The van der Waals surface area contributed by atoms with Crippen LogP contribution in [0.5, 0.6) is 5.75 Å². The first-order chi connectivity index (χ1) is 14.0. The number of aromatic amines is 1. The third-order valence-corrected chi connectivity index (χ3v) is 6.09. The maximum atomic E-state index is 13.0. The normalized spacial score (nSPS) is 19.1. The maximum absolute atomic E-state index is 13.0. The second kappa shape index (κ2) is 8.12. The second-order valence-electron chi connectivity index (χ2n) is 7.07. The Morgan fingerprint density at radius 3 is 2.52 bits per heavy atom. The van der Waals surface area contributed by atoms with E-state index >= 15 is 0 Å². The van der Waals surface area contributed by atoms with E-state index in [0.29, 0.717) is 41.0 Å². The summed E-state index contributed by atoms with van der Waals surface area (Å²) < 4.78 is 5.43. The fraction of sp³-hybridized carbons (Fsp3) is 0.350. The molecule has 4 rings (SSSR count). The fourth-order valence-electron chi connectivity index (χ4n) is 3.77. The van der Waals surface area contributed by atoms with E-state index in [9.17, 15) is 9.59 Å². The number of aromatic nitrogens is 2. The summed E-state index contributed by atoms with van der Waals surface area (Å²) in [5, 5.41) is 16.4. The summed E-state index contributed by atoms with van der Waals surface area (Å²) in [4.78, 5) is 32.7. The Morgan fingerprint density at radius 1 is 1.17 bits per heavy atom. The van der Waals surface area contributed by atoms with Crippen LogP contribution in [0.3, 0.4) is 0 Å². The predicted molar refractivity (Wildman–Crippen MR) is 111 cm³/mol. The summed E-state index contributed by atoms with van der Waals surface area (Å²) in [5.41, 5.74) is 1.76. The van der Waals surface area contributed by atoms with E-state index < -0.39 is 6.09 Å². The highest BCUT2D eigenvalue weighted by molar-refractivity contribution is 7.13. The molecule has 0 atom stereocenters. The number of H-pyrrole nitrogens is 1. The van der Waals surface area contributed by atoms with Crippen molar-refractivity contribution in [2.75, 3.05) is 7.11 Å². The van der Waals surface area contributed by atoms with Crippen molar-refractivity contribution in [3.63, 3.8) is 0 Å². The Labute approximate surface area is 171 Å². The number of carboxylic acid groups (broad SMARTS) is 1. The number of rotatable bonds is 5. The van der Waals surface area contributed by atoms with Crippen molar-refractivity contribution in [1.29, 1.82) is 0 Å². The van der Waals surface area contributed by atoms with Crippen LogP contribution in [0, 0.1) is 0 Å². The lowest BCUT2D eigenvalue weighted by molar-refractivity contribution is 0.0924. The fourth-order valence-corrected chi connectivity index (χ4v) is 4.44. The molecule has 2 aromatic heterocycles. The number of nitrogens with one attached hydrogen (secondary N) is 3. The number of amides is 2. The smallest absolute Gasteiger partial charge is 0.404 e. The minimum Gasteiger partial charge on any atom is -0.494 e. The molecule has 0 aliphatic heterocycles. The molecule has 0 spiro atoms. The number of carbonyl (C=O) groups excluding carboxylic acids is 1. The van der Waals surface area contributed by atoms with Gasteiger partial charge in [-0.3, -0.25) is 4.79 Å². The molecule has 9 heteroatoms. The van der Waals surface area contributed by atoms with Gasteiger partial charge in [0.05, 0.1) is 17.6 Å². The number of methoxy groups -OCH3 is 1. The zero-order valence-electron chi connectivity index (χ0n) is 15.9. The second-order valence-corrected chi connectivity index (χ2v) is 8.02. The highest BCUT2D eigenvalue weighted by Crippen LogP contribution is 2.31. The van der Waals surface area contributed by atoms with E-state index in [-0.39, 0.29) is 18.0 Å². The van der Waals surface area contributed by atoms with Gasteiger partial charge in [0.15, 0.2) is 0 Å². The van der Waals surface area contributed by atoms with Crippen LogP contribution in [0.25, 0.3) is 21.7 Å². The molecule has 4 N–H and O–H groups in total. The van der Waals surface area contributed by atoms with Gasteiger partial charge in [-0.1, -0.05) is 6.07 Å². The van der Waals surface area contributed by atoms with Gasteiger partial charge in [0.2, 0.25) is 0 Å². The van der Waals surface area contributed by atoms with Gasteiger partial charge in [0.1, 0.15) is 22.6 Å². The van der Waals surface area contributed by atoms with E-state index in [4.69, 9.17) is 9.84 Å². The summed E-state index contributed by atoms with van der Waals surface area (Å²) in [6.45, 7) is 0. The molecule has 1 aliphatic rings. The topological polar surface area (TPSA) is 116 Å². The van der Waals surface area contributed by atoms with Crippen LogP contribution < -0.4 is 15.4 Å². The zero-order valence-corrected chi connectivity index (χ0v) is 16.7. The van der Waals surface area contributed by atoms with E-state index in [2.05, 4.69) is 20.6 Å². The lowest BCUT2D eigenvalue weighted by atomic mass is 9.91. The highest BCUT2D eigenvalue weighted by atomic mass is 32.1. The van der Waals surface area contributed by atoms with Crippen molar-refractivity contribution in [3.05, 3.63) is 35.2 Å². The third kappa shape index (κ3) is 4.04. The van der Waals surface area contributed by atoms with Crippen LogP contribution in [0.2, 0.25) is 0 Å². The van der Waals surface area contributed by atoms with Gasteiger partial charge >= 0.3 is 6.09 Å². The molecule has 152 valence electrons. The van der Waals surface area contributed by atoms with Crippen molar-refractivity contribution in [2.45, 2.75) is 37.8 Å². The number of carbonyl (C=O) groups is 2. The minimum atomic E-state index is -1.00. The molecular weight excluding hydrogens is 392 g/mol. The standard InChI is InChI=1S/C20H22N4O4S/c1-28-14-9-8-13(16-17(14)24-18(23-16)15-3-2-10-29-15)19(25)21-11-4-6-12(7-5-11)22-20(26)27/h2-3,8-12,22H,4-7H2,1H3,(H,21,25)(H,23,24)(H,26,27). The van der Waals surface area contributed by atoms with Crippen LogP contribution in [-0.2, 0) is 0 Å². The number of benzene rings is 1. The van der Waals surface area contributed by atoms with E-state index in [1.807, 2.05) is 17.5 Å². The van der Waals surface area contributed by atoms with Gasteiger partial charge in [-0.2, -0.15) is 0 Å². The molecule has 0 saturated heterocycles. The average Bonchev–Trinajstić information content (AvgIpc) is 3.38. The molecular formula is C20H22N4O4S. The molecule has 29 heavy (non-hydrogen) atoms. The summed E-state index contributed by atoms with van der Waals surface area (Å²) >= 11 is 1.57. The number of hydrogen-bond acceptors (Lipinski definition) is 5. The largest absolute Gasteiger partial charge is 0.494 e. The van der Waals surface area contributed by atoms with Crippen molar-refractivity contribution in [3.8, 4) is 16.5 Å². The first-order valence-electron chi connectivity index (χ1n) is 9.46. The van der Waals surface area contributed by atoms with Gasteiger partial charge in [-0.05, 0) is 49.3 Å². The molecule has 2 heterocycles. The number of ether oxygens (including phenoxy) is 1.